The van der Waals surface area contributed by atoms with Crippen LogP contribution in [0.15, 0.2) is 48.8 Å². The van der Waals surface area contributed by atoms with Crippen molar-refractivity contribution in [1.82, 2.24) is 19.5 Å². The van der Waals surface area contributed by atoms with E-state index in [4.69, 9.17) is 33.9 Å². The minimum Gasteiger partial charge on any atom is -0.334 e. The molecular formula is C19H12Cl2N6. The Morgan fingerprint density at radius 2 is 1.89 bits per heavy atom. The first-order chi connectivity index (χ1) is 13.1. The molecule has 0 saturated heterocycles. The van der Waals surface area contributed by atoms with E-state index in [9.17, 15) is 0 Å². The molecule has 4 aromatic rings. The van der Waals surface area contributed by atoms with Crippen LogP contribution in [-0.2, 0) is 6.54 Å². The minimum absolute atomic E-state index is 0.0849. The number of nitriles is 1. The number of hydrogen-bond acceptors (Lipinski definition) is 4. The van der Waals surface area contributed by atoms with E-state index in [-0.39, 0.29) is 5.49 Å². The van der Waals surface area contributed by atoms with Crippen LogP contribution in [-0.4, -0.2) is 19.5 Å². The Morgan fingerprint density at radius 1 is 1.15 bits per heavy atom. The van der Waals surface area contributed by atoms with Crippen LogP contribution >= 0.6 is 23.2 Å². The fourth-order valence-corrected chi connectivity index (χ4v) is 3.34. The van der Waals surface area contributed by atoms with Gasteiger partial charge in [-0.25, -0.2) is 9.97 Å². The van der Waals surface area contributed by atoms with Crippen LogP contribution in [0.25, 0.3) is 22.6 Å². The largest absolute Gasteiger partial charge is 0.334 e. The van der Waals surface area contributed by atoms with E-state index in [1.807, 2.05) is 6.07 Å². The predicted molar refractivity (Wildman–Crippen MR) is 103 cm³/mol. The maximum Gasteiger partial charge on any atom is 0.173 e. The number of aromatic nitrogens is 4. The van der Waals surface area contributed by atoms with Crippen LogP contribution in [0.3, 0.4) is 0 Å². The van der Waals surface area contributed by atoms with Gasteiger partial charge in [-0.15, -0.1) is 0 Å². The lowest BCUT2D eigenvalue weighted by molar-refractivity contribution is 0.784. The standard InChI is InChI=1S/C19H12Cl2N6/c20-14-5-2-6-15(21)13(14)9-27-10-24-17(23)16-19(27)26-18(25-16)12-4-1-3-11(7-12)8-22/h1-7,10,23H,9H2,(H,25,26). The molecule has 2 heterocycles. The van der Waals surface area contributed by atoms with E-state index >= 15 is 0 Å². The van der Waals surface area contributed by atoms with E-state index in [0.29, 0.717) is 39.1 Å². The van der Waals surface area contributed by atoms with Gasteiger partial charge in [-0.05, 0) is 24.3 Å². The molecule has 132 valence electrons. The van der Waals surface area contributed by atoms with Gasteiger partial charge in [0.2, 0.25) is 0 Å². The molecule has 0 aliphatic carbocycles. The summed E-state index contributed by atoms with van der Waals surface area (Å²) in [6, 6.07) is 14.6. The highest BCUT2D eigenvalue weighted by atomic mass is 35.5. The Hall–Kier alpha value is -3.14. The molecule has 0 bridgehead atoms. The molecule has 2 N–H and O–H groups in total. The number of benzene rings is 2. The van der Waals surface area contributed by atoms with Gasteiger partial charge in [-0.3, -0.25) is 5.41 Å². The topological polar surface area (TPSA) is 94.1 Å². The molecule has 0 unspecified atom stereocenters. The summed E-state index contributed by atoms with van der Waals surface area (Å²) in [7, 11) is 0. The van der Waals surface area contributed by atoms with Crippen molar-refractivity contribution in [1.29, 1.82) is 10.7 Å². The molecule has 0 aliphatic heterocycles. The Balaban J connectivity index is 1.86. The first-order valence-electron chi connectivity index (χ1n) is 8.00. The zero-order valence-corrected chi connectivity index (χ0v) is 15.4. The van der Waals surface area contributed by atoms with Gasteiger partial charge in [0.05, 0.1) is 24.5 Å². The Bertz CT molecular complexity index is 1250. The molecule has 8 heteroatoms. The van der Waals surface area contributed by atoms with E-state index in [0.717, 1.165) is 11.1 Å². The van der Waals surface area contributed by atoms with Gasteiger partial charge in [0.25, 0.3) is 0 Å². The van der Waals surface area contributed by atoms with Gasteiger partial charge in [-0.2, -0.15) is 5.26 Å². The van der Waals surface area contributed by atoms with Crippen molar-refractivity contribution in [2.45, 2.75) is 6.54 Å². The van der Waals surface area contributed by atoms with Gasteiger partial charge in [-0.1, -0.05) is 41.4 Å². The number of H-pyrrole nitrogens is 1. The molecule has 2 aromatic heterocycles. The SMILES string of the molecule is N#Cc1cccc(-c2nc3c([nH]2)c(=N)ncn3Cc2c(Cl)cccc2Cl)c1. The number of nitrogens with zero attached hydrogens (tertiary/aromatic N) is 4. The van der Waals surface area contributed by atoms with Gasteiger partial charge in [0, 0.05) is 21.2 Å². The third-order valence-electron chi connectivity index (χ3n) is 4.18. The van der Waals surface area contributed by atoms with E-state index in [1.165, 1.54) is 0 Å². The van der Waals surface area contributed by atoms with Crippen LogP contribution in [0.5, 0.6) is 0 Å². The van der Waals surface area contributed by atoms with Gasteiger partial charge in [0.1, 0.15) is 11.3 Å². The molecular weight excluding hydrogens is 383 g/mol. The molecule has 0 fully saturated rings. The van der Waals surface area contributed by atoms with Crippen molar-refractivity contribution in [3.63, 3.8) is 0 Å². The quantitative estimate of drug-likeness (QED) is 0.546. The Morgan fingerprint density at radius 3 is 2.63 bits per heavy atom. The van der Waals surface area contributed by atoms with Crippen LogP contribution in [0.1, 0.15) is 11.1 Å². The summed E-state index contributed by atoms with van der Waals surface area (Å²) in [6.07, 6.45) is 1.54. The van der Waals surface area contributed by atoms with Crippen LogP contribution in [0.4, 0.5) is 0 Å². The maximum absolute atomic E-state index is 9.10. The van der Waals surface area contributed by atoms with E-state index < -0.39 is 0 Å². The molecule has 0 saturated carbocycles. The molecule has 0 spiro atoms. The summed E-state index contributed by atoms with van der Waals surface area (Å²) in [4.78, 5) is 11.9. The highest BCUT2D eigenvalue weighted by Gasteiger charge is 2.13. The molecule has 0 amide bonds. The summed E-state index contributed by atoms with van der Waals surface area (Å²) < 4.78 is 1.79. The lowest BCUT2D eigenvalue weighted by atomic mass is 10.1. The van der Waals surface area contributed by atoms with Crippen LogP contribution in [0.2, 0.25) is 10.0 Å². The highest BCUT2D eigenvalue weighted by molar-refractivity contribution is 6.36. The molecule has 4 rings (SSSR count). The molecule has 27 heavy (non-hydrogen) atoms. The molecule has 6 nitrogen and oxygen atoms in total. The van der Waals surface area contributed by atoms with Gasteiger partial charge >= 0.3 is 0 Å². The summed E-state index contributed by atoms with van der Waals surface area (Å²) >= 11 is 12.6. The van der Waals surface area contributed by atoms with Crippen molar-refractivity contribution in [2.24, 2.45) is 0 Å². The Labute approximate surface area is 164 Å². The smallest absolute Gasteiger partial charge is 0.173 e. The van der Waals surface area contributed by atoms with Crippen molar-refractivity contribution in [3.05, 3.63) is 75.5 Å². The summed E-state index contributed by atoms with van der Waals surface area (Å²) in [5, 5.41) is 18.3. The summed E-state index contributed by atoms with van der Waals surface area (Å²) in [5.41, 5.74) is 3.19. The van der Waals surface area contributed by atoms with Crippen molar-refractivity contribution in [3.8, 4) is 17.5 Å². The highest BCUT2D eigenvalue weighted by Crippen LogP contribution is 2.26. The fourth-order valence-electron chi connectivity index (χ4n) is 2.83. The minimum atomic E-state index is 0.0849. The third-order valence-corrected chi connectivity index (χ3v) is 4.88. The van der Waals surface area contributed by atoms with Crippen molar-refractivity contribution in [2.75, 3.05) is 0 Å². The van der Waals surface area contributed by atoms with Gasteiger partial charge in [0.15, 0.2) is 11.1 Å². The second kappa shape index (κ2) is 6.88. The number of rotatable bonds is 3. The number of halogens is 2. The van der Waals surface area contributed by atoms with Crippen LogP contribution in [0, 0.1) is 16.7 Å². The normalized spacial score (nSPS) is 10.9. The van der Waals surface area contributed by atoms with E-state index in [2.05, 4.69) is 21.0 Å². The zero-order chi connectivity index (χ0) is 19.0. The number of aromatic amines is 1. The first kappa shape index (κ1) is 17.3. The molecule has 0 aliphatic rings. The summed E-state index contributed by atoms with van der Waals surface area (Å²) in [5.74, 6) is 0.558. The van der Waals surface area contributed by atoms with Gasteiger partial charge < -0.3 is 9.55 Å². The monoisotopic (exact) mass is 394 g/mol. The first-order valence-corrected chi connectivity index (χ1v) is 8.75. The van der Waals surface area contributed by atoms with E-state index in [1.54, 1.807) is 47.3 Å². The molecule has 0 radical (unpaired) electrons. The van der Waals surface area contributed by atoms with Crippen molar-refractivity contribution < 1.29 is 0 Å². The molecule has 2 aromatic carbocycles. The fraction of sp³-hybridized carbons (Fsp3) is 0.0526. The lowest BCUT2D eigenvalue weighted by Crippen LogP contribution is -2.13. The second-order valence-electron chi connectivity index (χ2n) is 5.90. The molecule has 0 atom stereocenters. The average molecular weight is 395 g/mol. The number of fused-ring (bicyclic) bond motifs is 1. The number of nitrogens with one attached hydrogen (secondary N) is 2. The lowest BCUT2D eigenvalue weighted by Gasteiger charge is -2.10. The average Bonchev–Trinajstić information content (AvgIpc) is 3.13. The second-order valence-corrected chi connectivity index (χ2v) is 6.71. The maximum atomic E-state index is 9.10. The summed E-state index contributed by atoms with van der Waals surface area (Å²) in [6.45, 7) is 0.366. The van der Waals surface area contributed by atoms with Crippen molar-refractivity contribution >= 4 is 34.4 Å². The number of hydrogen-bond donors (Lipinski definition) is 2. The van der Waals surface area contributed by atoms with Crippen LogP contribution < -0.4 is 5.49 Å². The predicted octanol–water partition coefficient (Wildman–Crippen LogP) is 4.13. The Kier molecular flexibility index (Phi) is 4.40. The third kappa shape index (κ3) is 3.19. The number of imidazole rings is 1. The zero-order valence-electron chi connectivity index (χ0n) is 13.9.